The fourth-order valence-electron chi connectivity index (χ4n) is 1.22. The Morgan fingerprint density at radius 1 is 1.47 bits per heavy atom. The average Bonchev–Trinajstić information content (AvgIpc) is 2.73. The molecule has 0 aliphatic carbocycles. The first kappa shape index (κ1) is 9.51. The van der Waals surface area contributed by atoms with Crippen LogP contribution < -0.4 is 11.1 Å². The van der Waals surface area contributed by atoms with Crippen LogP contribution in [0.1, 0.15) is 11.1 Å². The summed E-state index contributed by atoms with van der Waals surface area (Å²) in [6, 6.07) is 1.90. The van der Waals surface area contributed by atoms with E-state index in [1.54, 1.807) is 12.5 Å². The molecule has 78 valence electrons. The van der Waals surface area contributed by atoms with Crippen LogP contribution in [0.3, 0.4) is 0 Å². The van der Waals surface area contributed by atoms with Gasteiger partial charge in [0.2, 0.25) is 0 Å². The van der Waals surface area contributed by atoms with Crippen molar-refractivity contribution in [1.82, 2.24) is 9.97 Å². The number of hydrogen-bond donors (Lipinski definition) is 2. The Hall–Kier alpha value is -2.04. The first-order valence-electron chi connectivity index (χ1n) is 4.59. The minimum atomic E-state index is 0.500. The maximum absolute atomic E-state index is 5.66. The van der Waals surface area contributed by atoms with Crippen LogP contribution in [0.4, 0.5) is 11.6 Å². The molecule has 0 saturated carbocycles. The lowest BCUT2D eigenvalue weighted by Crippen LogP contribution is -2.05. The molecule has 5 heteroatoms. The third kappa shape index (κ3) is 2.07. The minimum absolute atomic E-state index is 0.500. The normalized spacial score (nSPS) is 10.2. The van der Waals surface area contributed by atoms with Crippen LogP contribution in [0.15, 0.2) is 29.3 Å². The molecule has 0 aliphatic rings. The third-order valence-electron chi connectivity index (χ3n) is 2.16. The number of anilines is 2. The maximum Gasteiger partial charge on any atom is 0.134 e. The number of aromatic nitrogens is 2. The molecule has 0 amide bonds. The molecule has 0 aromatic carbocycles. The minimum Gasteiger partial charge on any atom is -0.472 e. The van der Waals surface area contributed by atoms with E-state index in [4.69, 9.17) is 10.2 Å². The zero-order valence-electron chi connectivity index (χ0n) is 8.40. The van der Waals surface area contributed by atoms with E-state index in [9.17, 15) is 0 Å². The third-order valence-corrected chi connectivity index (χ3v) is 2.16. The van der Waals surface area contributed by atoms with E-state index in [0.717, 1.165) is 16.9 Å². The number of nitrogen functional groups attached to an aromatic ring is 1. The summed E-state index contributed by atoms with van der Waals surface area (Å²) < 4.78 is 4.96. The van der Waals surface area contributed by atoms with Crippen LogP contribution in [-0.2, 0) is 6.54 Å². The molecule has 2 heterocycles. The Kier molecular flexibility index (Phi) is 2.53. The van der Waals surface area contributed by atoms with Gasteiger partial charge in [-0.05, 0) is 13.0 Å². The highest BCUT2D eigenvalue weighted by molar-refractivity contribution is 5.53. The fourth-order valence-corrected chi connectivity index (χ4v) is 1.22. The van der Waals surface area contributed by atoms with Crippen molar-refractivity contribution in [3.8, 4) is 0 Å². The van der Waals surface area contributed by atoms with Crippen molar-refractivity contribution in [1.29, 1.82) is 0 Å². The summed E-state index contributed by atoms with van der Waals surface area (Å²) in [5.41, 5.74) is 7.58. The lowest BCUT2D eigenvalue weighted by atomic mass is 10.3. The second-order valence-electron chi connectivity index (χ2n) is 3.22. The highest BCUT2D eigenvalue weighted by atomic mass is 16.3. The van der Waals surface area contributed by atoms with Gasteiger partial charge in [-0.25, -0.2) is 9.97 Å². The molecule has 0 spiro atoms. The number of nitrogens with zero attached hydrogens (tertiary/aromatic N) is 2. The Labute approximate surface area is 87.3 Å². The van der Waals surface area contributed by atoms with Gasteiger partial charge >= 0.3 is 0 Å². The van der Waals surface area contributed by atoms with Crippen LogP contribution in [0.5, 0.6) is 0 Å². The molecule has 0 unspecified atom stereocenters. The Balaban J connectivity index is 2.08. The first-order chi connectivity index (χ1) is 7.27. The van der Waals surface area contributed by atoms with Crippen molar-refractivity contribution in [2.24, 2.45) is 0 Å². The molecule has 3 N–H and O–H groups in total. The van der Waals surface area contributed by atoms with E-state index in [1.807, 2.05) is 13.0 Å². The summed E-state index contributed by atoms with van der Waals surface area (Å²) in [6.07, 6.45) is 4.77. The fraction of sp³-hybridized carbons (Fsp3) is 0.200. The zero-order valence-corrected chi connectivity index (χ0v) is 8.40. The van der Waals surface area contributed by atoms with Crippen molar-refractivity contribution in [3.63, 3.8) is 0 Å². The van der Waals surface area contributed by atoms with Crippen molar-refractivity contribution in [2.75, 3.05) is 11.1 Å². The summed E-state index contributed by atoms with van der Waals surface area (Å²) >= 11 is 0. The van der Waals surface area contributed by atoms with Crippen LogP contribution in [-0.4, -0.2) is 9.97 Å². The molecule has 2 aromatic heterocycles. The second kappa shape index (κ2) is 4.00. The average molecular weight is 204 g/mol. The monoisotopic (exact) mass is 204 g/mol. The van der Waals surface area contributed by atoms with E-state index in [0.29, 0.717) is 12.4 Å². The number of nitrogens with one attached hydrogen (secondary N) is 1. The predicted molar refractivity (Wildman–Crippen MR) is 57.2 cm³/mol. The van der Waals surface area contributed by atoms with Crippen molar-refractivity contribution < 1.29 is 4.42 Å². The van der Waals surface area contributed by atoms with E-state index < -0.39 is 0 Å². The number of furan rings is 1. The Morgan fingerprint density at radius 2 is 2.33 bits per heavy atom. The van der Waals surface area contributed by atoms with Crippen molar-refractivity contribution in [3.05, 3.63) is 36.0 Å². The maximum atomic E-state index is 5.66. The van der Waals surface area contributed by atoms with E-state index >= 15 is 0 Å². The standard InChI is InChI=1S/C10H12N4O/c1-7-9(11)13-6-14-10(7)12-4-8-2-3-15-5-8/h2-3,5-6H,4H2,1H3,(H3,11,12,13,14). The van der Waals surface area contributed by atoms with Gasteiger partial charge < -0.3 is 15.5 Å². The van der Waals surface area contributed by atoms with E-state index in [1.165, 1.54) is 6.33 Å². The summed E-state index contributed by atoms with van der Waals surface area (Å²) in [5.74, 6) is 1.25. The molecular formula is C10H12N4O. The number of nitrogens with two attached hydrogens (primary N) is 1. The van der Waals surface area contributed by atoms with E-state index in [2.05, 4.69) is 15.3 Å². The van der Waals surface area contributed by atoms with Gasteiger partial charge in [0.05, 0.1) is 12.5 Å². The first-order valence-corrected chi connectivity index (χ1v) is 4.59. The largest absolute Gasteiger partial charge is 0.472 e. The number of hydrogen-bond acceptors (Lipinski definition) is 5. The summed E-state index contributed by atoms with van der Waals surface area (Å²) in [6.45, 7) is 2.54. The van der Waals surface area contributed by atoms with Crippen molar-refractivity contribution >= 4 is 11.6 Å². The molecule has 0 radical (unpaired) electrons. The summed E-state index contributed by atoms with van der Waals surface area (Å²) in [7, 11) is 0. The second-order valence-corrected chi connectivity index (χ2v) is 3.22. The van der Waals surface area contributed by atoms with Gasteiger partial charge in [-0.15, -0.1) is 0 Å². The molecule has 0 bridgehead atoms. The Morgan fingerprint density at radius 3 is 3.07 bits per heavy atom. The van der Waals surface area contributed by atoms with Gasteiger partial charge in [0.15, 0.2) is 0 Å². The number of rotatable bonds is 3. The highest BCUT2D eigenvalue weighted by Crippen LogP contribution is 2.15. The lowest BCUT2D eigenvalue weighted by Gasteiger charge is -2.07. The van der Waals surface area contributed by atoms with Crippen LogP contribution >= 0.6 is 0 Å². The SMILES string of the molecule is Cc1c(N)ncnc1NCc1ccoc1. The molecule has 0 atom stereocenters. The van der Waals surface area contributed by atoms with Gasteiger partial charge in [0.25, 0.3) is 0 Å². The van der Waals surface area contributed by atoms with Crippen LogP contribution in [0.2, 0.25) is 0 Å². The van der Waals surface area contributed by atoms with Gasteiger partial charge in [0.1, 0.15) is 18.0 Å². The molecule has 0 aliphatic heterocycles. The van der Waals surface area contributed by atoms with Crippen molar-refractivity contribution in [2.45, 2.75) is 13.5 Å². The Bertz CT molecular complexity index is 439. The topological polar surface area (TPSA) is 77.0 Å². The van der Waals surface area contributed by atoms with Gasteiger partial charge in [0, 0.05) is 17.7 Å². The summed E-state index contributed by atoms with van der Waals surface area (Å²) in [5, 5.41) is 3.17. The predicted octanol–water partition coefficient (Wildman–Crippen LogP) is 1.57. The van der Waals surface area contributed by atoms with Crippen LogP contribution in [0.25, 0.3) is 0 Å². The van der Waals surface area contributed by atoms with Gasteiger partial charge in [-0.2, -0.15) is 0 Å². The van der Waals surface area contributed by atoms with E-state index in [-0.39, 0.29) is 0 Å². The summed E-state index contributed by atoms with van der Waals surface area (Å²) in [4.78, 5) is 8.00. The van der Waals surface area contributed by atoms with Gasteiger partial charge in [-0.1, -0.05) is 0 Å². The van der Waals surface area contributed by atoms with Crippen LogP contribution in [0, 0.1) is 6.92 Å². The lowest BCUT2D eigenvalue weighted by molar-refractivity contribution is 0.564. The molecule has 0 saturated heterocycles. The molecule has 15 heavy (non-hydrogen) atoms. The molecule has 0 fully saturated rings. The molecule has 2 aromatic rings. The smallest absolute Gasteiger partial charge is 0.134 e. The quantitative estimate of drug-likeness (QED) is 0.793. The molecule has 5 nitrogen and oxygen atoms in total. The zero-order chi connectivity index (χ0) is 10.7. The van der Waals surface area contributed by atoms with Gasteiger partial charge in [-0.3, -0.25) is 0 Å². The molecular weight excluding hydrogens is 192 g/mol. The molecule has 2 rings (SSSR count). The highest BCUT2D eigenvalue weighted by Gasteiger charge is 2.03.